The van der Waals surface area contributed by atoms with E-state index in [9.17, 15) is 4.79 Å². The maximum Gasteiger partial charge on any atom is 0.304 e. The largest absolute Gasteiger partial charge is 0.481 e. The maximum absolute atomic E-state index is 10.9. The summed E-state index contributed by atoms with van der Waals surface area (Å²) < 4.78 is 0. The lowest BCUT2D eigenvalue weighted by Gasteiger charge is -2.24. The average Bonchev–Trinajstić information content (AvgIpc) is 2.26. The van der Waals surface area contributed by atoms with Crippen molar-refractivity contribution in [1.82, 2.24) is 0 Å². The van der Waals surface area contributed by atoms with Crippen molar-refractivity contribution in [3.05, 3.63) is 23.8 Å². The van der Waals surface area contributed by atoms with Crippen LogP contribution in [0.25, 0.3) is 0 Å². The summed E-state index contributed by atoms with van der Waals surface area (Å²) in [5.41, 5.74) is 0.759. The zero-order valence-electron chi connectivity index (χ0n) is 10.6. The molecule has 0 atom stereocenters. The van der Waals surface area contributed by atoms with Crippen LogP contribution in [0.4, 0.5) is 0 Å². The molecule has 0 aliphatic rings. The average molecular weight is 270 g/mol. The van der Waals surface area contributed by atoms with Crippen molar-refractivity contribution in [3.63, 3.8) is 0 Å². The van der Waals surface area contributed by atoms with Crippen LogP contribution in [0.1, 0.15) is 25.8 Å². The van der Waals surface area contributed by atoms with E-state index in [0.29, 0.717) is 0 Å². The Labute approximate surface area is 111 Å². The van der Waals surface area contributed by atoms with Crippen LogP contribution in [-0.2, 0) is 10.2 Å². The second-order valence-corrected chi connectivity index (χ2v) is 6.22. The van der Waals surface area contributed by atoms with Crippen LogP contribution in [0.2, 0.25) is 0 Å². The molecule has 1 aromatic rings. The Morgan fingerprint density at radius 2 is 1.82 bits per heavy atom. The first-order valence-corrected chi connectivity index (χ1v) is 7.80. The number of benzene rings is 1. The smallest absolute Gasteiger partial charge is 0.304 e. The molecule has 0 aromatic heterocycles. The standard InChI is InChI=1S/C13H18O2S2/c1-13(2,8-12(14)15)9-5-6-10(16-3)11(7-9)17-4/h5-7H,8H2,1-4H3,(H,14,15). The van der Waals surface area contributed by atoms with Gasteiger partial charge in [0, 0.05) is 15.2 Å². The predicted octanol–water partition coefficient (Wildman–Crippen LogP) is 3.88. The third kappa shape index (κ3) is 3.68. The van der Waals surface area contributed by atoms with Crippen LogP contribution in [0.5, 0.6) is 0 Å². The molecule has 0 radical (unpaired) electrons. The fourth-order valence-corrected chi connectivity index (χ4v) is 3.22. The molecule has 0 spiro atoms. The first-order valence-electron chi connectivity index (χ1n) is 5.35. The quantitative estimate of drug-likeness (QED) is 0.824. The van der Waals surface area contributed by atoms with Gasteiger partial charge >= 0.3 is 5.97 Å². The summed E-state index contributed by atoms with van der Waals surface area (Å²) in [5.74, 6) is -0.755. The minimum Gasteiger partial charge on any atom is -0.481 e. The number of aliphatic carboxylic acids is 1. The summed E-state index contributed by atoms with van der Waals surface area (Å²) in [6, 6.07) is 6.23. The number of carboxylic acid groups (broad SMARTS) is 1. The molecule has 0 saturated carbocycles. The van der Waals surface area contributed by atoms with Crippen molar-refractivity contribution in [2.75, 3.05) is 12.5 Å². The van der Waals surface area contributed by atoms with Crippen LogP contribution in [0.15, 0.2) is 28.0 Å². The molecule has 1 N–H and O–H groups in total. The van der Waals surface area contributed by atoms with Gasteiger partial charge in [0.1, 0.15) is 0 Å². The van der Waals surface area contributed by atoms with Gasteiger partial charge in [0.15, 0.2) is 0 Å². The Kier molecular flexibility index (Phi) is 4.95. The summed E-state index contributed by atoms with van der Waals surface area (Å²) in [4.78, 5) is 13.3. The molecule has 0 heterocycles. The van der Waals surface area contributed by atoms with Crippen LogP contribution in [0.3, 0.4) is 0 Å². The van der Waals surface area contributed by atoms with Crippen LogP contribution in [-0.4, -0.2) is 23.6 Å². The van der Waals surface area contributed by atoms with E-state index in [1.165, 1.54) is 9.79 Å². The molecule has 0 fully saturated rings. The Bertz CT molecular complexity index is 414. The fourth-order valence-electron chi connectivity index (χ4n) is 1.74. The molecule has 1 aromatic carbocycles. The van der Waals surface area contributed by atoms with E-state index in [2.05, 4.69) is 18.4 Å². The van der Waals surface area contributed by atoms with Gasteiger partial charge in [-0.1, -0.05) is 19.9 Å². The number of carboxylic acids is 1. The number of carbonyl (C=O) groups is 1. The molecule has 0 aliphatic heterocycles. The zero-order valence-corrected chi connectivity index (χ0v) is 12.2. The van der Waals surface area contributed by atoms with Gasteiger partial charge in [0.05, 0.1) is 6.42 Å². The molecule has 4 heteroatoms. The Morgan fingerprint density at radius 1 is 1.24 bits per heavy atom. The number of rotatable bonds is 5. The molecular weight excluding hydrogens is 252 g/mol. The summed E-state index contributed by atoms with van der Waals surface area (Å²) in [6.45, 7) is 3.94. The van der Waals surface area contributed by atoms with Gasteiger partial charge < -0.3 is 5.11 Å². The topological polar surface area (TPSA) is 37.3 Å². The normalized spacial score (nSPS) is 11.5. The second-order valence-electron chi connectivity index (χ2n) is 4.52. The first kappa shape index (κ1) is 14.5. The highest BCUT2D eigenvalue weighted by atomic mass is 32.2. The maximum atomic E-state index is 10.9. The molecule has 1 rings (SSSR count). The third-order valence-electron chi connectivity index (χ3n) is 2.76. The van der Waals surface area contributed by atoms with Crippen LogP contribution in [0, 0.1) is 0 Å². The lowest BCUT2D eigenvalue weighted by atomic mass is 9.82. The highest BCUT2D eigenvalue weighted by molar-refractivity contribution is 8.01. The van der Waals surface area contributed by atoms with E-state index in [0.717, 1.165) is 5.56 Å². The SMILES string of the molecule is CSc1ccc(C(C)(C)CC(=O)O)cc1SC. The van der Waals surface area contributed by atoms with Crippen molar-refractivity contribution in [3.8, 4) is 0 Å². The lowest BCUT2D eigenvalue weighted by molar-refractivity contribution is -0.138. The minimum atomic E-state index is -0.755. The van der Waals surface area contributed by atoms with E-state index in [4.69, 9.17) is 5.11 Å². The van der Waals surface area contributed by atoms with E-state index in [-0.39, 0.29) is 11.8 Å². The Morgan fingerprint density at radius 3 is 2.29 bits per heavy atom. The first-order chi connectivity index (χ1) is 7.90. The van der Waals surface area contributed by atoms with Crippen molar-refractivity contribution in [2.24, 2.45) is 0 Å². The zero-order chi connectivity index (χ0) is 13.1. The third-order valence-corrected chi connectivity index (χ3v) is 4.46. The summed E-state index contributed by atoms with van der Waals surface area (Å²) in [7, 11) is 0. The van der Waals surface area contributed by atoms with E-state index in [1.807, 2.05) is 26.2 Å². The monoisotopic (exact) mass is 270 g/mol. The number of thioether (sulfide) groups is 2. The van der Waals surface area contributed by atoms with Gasteiger partial charge in [0.25, 0.3) is 0 Å². The molecule has 0 unspecified atom stereocenters. The van der Waals surface area contributed by atoms with Crippen LogP contribution < -0.4 is 0 Å². The van der Waals surface area contributed by atoms with E-state index < -0.39 is 5.97 Å². The number of hydrogen-bond donors (Lipinski definition) is 1. The predicted molar refractivity (Wildman–Crippen MR) is 75.3 cm³/mol. The number of hydrogen-bond acceptors (Lipinski definition) is 3. The second kappa shape index (κ2) is 5.83. The molecule has 0 amide bonds. The van der Waals surface area contributed by atoms with Crippen molar-refractivity contribution in [1.29, 1.82) is 0 Å². The fraction of sp³-hybridized carbons (Fsp3) is 0.462. The van der Waals surface area contributed by atoms with Gasteiger partial charge in [-0.05, 0) is 30.2 Å². The minimum absolute atomic E-state index is 0.152. The molecule has 0 bridgehead atoms. The Balaban J connectivity index is 3.10. The molecule has 0 saturated heterocycles. The highest BCUT2D eigenvalue weighted by Gasteiger charge is 2.24. The van der Waals surface area contributed by atoms with Gasteiger partial charge in [0.2, 0.25) is 0 Å². The van der Waals surface area contributed by atoms with E-state index >= 15 is 0 Å². The molecule has 2 nitrogen and oxygen atoms in total. The van der Waals surface area contributed by atoms with Gasteiger partial charge in [-0.25, -0.2) is 0 Å². The van der Waals surface area contributed by atoms with Crippen molar-refractivity contribution >= 4 is 29.5 Å². The molecular formula is C13H18O2S2. The van der Waals surface area contributed by atoms with Gasteiger partial charge in [-0.2, -0.15) is 0 Å². The summed E-state index contributed by atoms with van der Waals surface area (Å²) in [6.07, 6.45) is 4.25. The molecule has 94 valence electrons. The highest BCUT2D eigenvalue weighted by Crippen LogP contribution is 2.34. The molecule has 0 aliphatic carbocycles. The summed E-state index contributed by atoms with van der Waals surface area (Å²) in [5, 5.41) is 8.93. The van der Waals surface area contributed by atoms with Crippen molar-refractivity contribution < 1.29 is 9.90 Å². The lowest BCUT2D eigenvalue weighted by Crippen LogP contribution is -2.21. The van der Waals surface area contributed by atoms with E-state index in [1.54, 1.807) is 23.5 Å². The van der Waals surface area contributed by atoms with Gasteiger partial charge in [-0.15, -0.1) is 23.5 Å². The molecule has 17 heavy (non-hydrogen) atoms. The Hall–Kier alpha value is -0.610. The van der Waals surface area contributed by atoms with Gasteiger partial charge in [-0.3, -0.25) is 4.79 Å². The van der Waals surface area contributed by atoms with Crippen LogP contribution >= 0.6 is 23.5 Å². The van der Waals surface area contributed by atoms with Crippen molar-refractivity contribution in [2.45, 2.75) is 35.5 Å². The summed E-state index contributed by atoms with van der Waals surface area (Å²) >= 11 is 3.42.